The van der Waals surface area contributed by atoms with E-state index in [4.69, 9.17) is 9.47 Å². The van der Waals surface area contributed by atoms with Gasteiger partial charge in [0.1, 0.15) is 17.3 Å². The molecule has 0 aliphatic carbocycles. The molecule has 0 aliphatic rings. The summed E-state index contributed by atoms with van der Waals surface area (Å²) in [6.07, 6.45) is 3.37. The van der Waals surface area contributed by atoms with Gasteiger partial charge in [0.25, 0.3) is 0 Å². The fraction of sp³-hybridized carbons (Fsp3) is 0.143. The van der Waals surface area contributed by atoms with E-state index < -0.39 is 0 Å². The van der Waals surface area contributed by atoms with Crippen LogP contribution in [0.5, 0.6) is 11.5 Å². The Morgan fingerprint density at radius 1 is 1.16 bits per heavy atom. The fourth-order valence-electron chi connectivity index (χ4n) is 1.52. The van der Waals surface area contributed by atoms with E-state index in [1.807, 2.05) is 36.4 Å². The van der Waals surface area contributed by atoms with Crippen LogP contribution in [0.25, 0.3) is 0 Å². The molecule has 0 saturated heterocycles. The Balaban J connectivity index is 2.10. The normalized spacial score (nSPS) is 10.4. The van der Waals surface area contributed by atoms with E-state index in [2.05, 4.69) is 15.5 Å². The third-order valence-corrected chi connectivity index (χ3v) is 2.49. The molecule has 0 bridgehead atoms. The van der Waals surface area contributed by atoms with Crippen molar-refractivity contribution >= 4 is 12.0 Å². The van der Waals surface area contributed by atoms with Crippen molar-refractivity contribution in [3.8, 4) is 11.5 Å². The Labute approximate surface area is 111 Å². The number of nitrogens with one attached hydrogen (secondary N) is 1. The second-order valence-electron chi connectivity index (χ2n) is 3.69. The molecule has 0 atom stereocenters. The van der Waals surface area contributed by atoms with E-state index in [0.29, 0.717) is 11.6 Å². The first-order valence-electron chi connectivity index (χ1n) is 5.75. The Bertz CT molecular complexity index is 556. The lowest BCUT2D eigenvalue weighted by Gasteiger charge is -2.06. The predicted molar refractivity (Wildman–Crippen MR) is 75.0 cm³/mol. The van der Waals surface area contributed by atoms with E-state index in [-0.39, 0.29) is 0 Å². The first-order chi connectivity index (χ1) is 9.33. The van der Waals surface area contributed by atoms with Gasteiger partial charge in [-0.2, -0.15) is 5.10 Å². The average molecular weight is 257 g/mol. The largest absolute Gasteiger partial charge is 0.497 e. The first kappa shape index (κ1) is 12.9. The lowest BCUT2D eigenvalue weighted by Crippen LogP contribution is -1.95. The van der Waals surface area contributed by atoms with Gasteiger partial charge < -0.3 is 9.47 Å². The highest BCUT2D eigenvalue weighted by Crippen LogP contribution is 2.23. The Morgan fingerprint density at radius 3 is 2.74 bits per heavy atom. The van der Waals surface area contributed by atoms with Gasteiger partial charge >= 0.3 is 0 Å². The summed E-state index contributed by atoms with van der Waals surface area (Å²) in [7, 11) is 3.23. The molecule has 0 spiro atoms. The molecule has 0 saturated carbocycles. The lowest BCUT2D eigenvalue weighted by molar-refractivity contribution is 0.394. The van der Waals surface area contributed by atoms with Gasteiger partial charge in [0.15, 0.2) is 0 Å². The van der Waals surface area contributed by atoms with E-state index >= 15 is 0 Å². The van der Waals surface area contributed by atoms with Gasteiger partial charge in [-0.05, 0) is 24.3 Å². The number of hydrogen-bond donors (Lipinski definition) is 1. The first-order valence-corrected chi connectivity index (χ1v) is 5.75. The molecule has 19 heavy (non-hydrogen) atoms. The number of ether oxygens (including phenoxy) is 2. The maximum atomic E-state index is 5.28. The van der Waals surface area contributed by atoms with Gasteiger partial charge in [0.2, 0.25) is 0 Å². The van der Waals surface area contributed by atoms with Gasteiger partial charge in [-0.15, -0.1) is 0 Å². The van der Waals surface area contributed by atoms with Crippen molar-refractivity contribution in [2.75, 3.05) is 19.6 Å². The van der Waals surface area contributed by atoms with E-state index in [1.54, 1.807) is 26.6 Å². The van der Waals surface area contributed by atoms with E-state index in [1.165, 1.54) is 0 Å². The molecule has 1 aromatic heterocycles. The summed E-state index contributed by atoms with van der Waals surface area (Å²) in [5, 5.41) is 4.12. The third-order valence-electron chi connectivity index (χ3n) is 2.49. The van der Waals surface area contributed by atoms with E-state index in [9.17, 15) is 0 Å². The highest BCUT2D eigenvalue weighted by Gasteiger charge is 2.02. The zero-order valence-corrected chi connectivity index (χ0v) is 10.8. The van der Waals surface area contributed by atoms with Crippen molar-refractivity contribution in [3.63, 3.8) is 0 Å². The minimum absolute atomic E-state index is 0.686. The maximum absolute atomic E-state index is 5.28. The Morgan fingerprint density at radius 2 is 2.05 bits per heavy atom. The number of rotatable bonds is 5. The van der Waals surface area contributed by atoms with Crippen LogP contribution in [0.15, 0.2) is 47.7 Å². The molecule has 0 aliphatic heterocycles. The van der Waals surface area contributed by atoms with Crippen LogP contribution < -0.4 is 14.9 Å². The molecule has 0 unspecified atom stereocenters. The molecule has 0 radical (unpaired) electrons. The standard InChI is InChI=1S/C14H15N3O2/c1-18-12-7-6-11(13(9-12)19-2)10-16-17-14-5-3-4-8-15-14/h3-10H,1-2H3,(H,15,17). The number of hydrogen-bond acceptors (Lipinski definition) is 5. The SMILES string of the molecule is COc1ccc(C=NNc2ccccn2)c(OC)c1. The molecule has 0 fully saturated rings. The predicted octanol–water partition coefficient (Wildman–Crippen LogP) is 2.54. The van der Waals surface area contributed by atoms with Crippen molar-refractivity contribution in [2.24, 2.45) is 5.10 Å². The van der Waals surface area contributed by atoms with Crippen LogP contribution in [0, 0.1) is 0 Å². The zero-order chi connectivity index (χ0) is 13.5. The van der Waals surface area contributed by atoms with Gasteiger partial charge in [-0.1, -0.05) is 6.07 Å². The summed E-state index contributed by atoms with van der Waals surface area (Å²) in [6.45, 7) is 0. The Kier molecular flexibility index (Phi) is 4.34. The molecule has 0 amide bonds. The third kappa shape index (κ3) is 3.45. The molecule has 2 rings (SSSR count). The number of benzene rings is 1. The van der Waals surface area contributed by atoms with Crippen LogP contribution in [0.3, 0.4) is 0 Å². The number of aromatic nitrogens is 1. The highest BCUT2D eigenvalue weighted by atomic mass is 16.5. The summed E-state index contributed by atoms with van der Waals surface area (Å²) in [6, 6.07) is 11.1. The molecule has 1 heterocycles. The van der Waals surface area contributed by atoms with Crippen LogP contribution in [-0.4, -0.2) is 25.4 Å². The van der Waals surface area contributed by atoms with Crippen LogP contribution in [0.2, 0.25) is 0 Å². The van der Waals surface area contributed by atoms with Gasteiger partial charge in [-0.25, -0.2) is 4.98 Å². The van der Waals surface area contributed by atoms with Crippen LogP contribution >= 0.6 is 0 Å². The van der Waals surface area contributed by atoms with Crippen molar-refractivity contribution in [3.05, 3.63) is 48.2 Å². The number of pyridine rings is 1. The van der Waals surface area contributed by atoms with Gasteiger partial charge in [0.05, 0.1) is 20.4 Å². The number of hydrazone groups is 1. The topological polar surface area (TPSA) is 55.7 Å². The summed E-state index contributed by atoms with van der Waals surface area (Å²) in [5.41, 5.74) is 3.70. The van der Waals surface area contributed by atoms with Crippen LogP contribution in [0.1, 0.15) is 5.56 Å². The number of methoxy groups -OCH3 is 2. The fourth-order valence-corrected chi connectivity index (χ4v) is 1.52. The Hall–Kier alpha value is -2.56. The summed E-state index contributed by atoms with van der Waals surface area (Å²) in [4.78, 5) is 4.10. The molecule has 5 heteroatoms. The van der Waals surface area contributed by atoms with E-state index in [0.717, 1.165) is 11.3 Å². The minimum atomic E-state index is 0.686. The monoisotopic (exact) mass is 257 g/mol. The zero-order valence-electron chi connectivity index (χ0n) is 10.8. The number of anilines is 1. The van der Waals surface area contributed by atoms with Crippen molar-refractivity contribution < 1.29 is 9.47 Å². The maximum Gasteiger partial charge on any atom is 0.146 e. The average Bonchev–Trinajstić information content (AvgIpc) is 2.48. The molecule has 1 aromatic carbocycles. The summed E-state index contributed by atoms with van der Waals surface area (Å²) in [5.74, 6) is 2.13. The molecule has 98 valence electrons. The summed E-state index contributed by atoms with van der Waals surface area (Å²) < 4.78 is 10.4. The second kappa shape index (κ2) is 6.39. The van der Waals surface area contributed by atoms with Crippen molar-refractivity contribution in [1.82, 2.24) is 4.98 Å². The number of nitrogens with zero attached hydrogens (tertiary/aromatic N) is 2. The van der Waals surface area contributed by atoms with Crippen molar-refractivity contribution in [1.29, 1.82) is 0 Å². The van der Waals surface area contributed by atoms with Gasteiger partial charge in [-0.3, -0.25) is 5.43 Å². The quantitative estimate of drug-likeness (QED) is 0.660. The highest BCUT2D eigenvalue weighted by molar-refractivity contribution is 5.84. The molecular weight excluding hydrogens is 242 g/mol. The molecule has 5 nitrogen and oxygen atoms in total. The minimum Gasteiger partial charge on any atom is -0.497 e. The summed E-state index contributed by atoms with van der Waals surface area (Å²) >= 11 is 0. The smallest absolute Gasteiger partial charge is 0.146 e. The van der Waals surface area contributed by atoms with Crippen LogP contribution in [0.4, 0.5) is 5.82 Å². The molecule has 1 N–H and O–H groups in total. The molecular formula is C14H15N3O2. The van der Waals surface area contributed by atoms with Gasteiger partial charge in [0, 0.05) is 17.8 Å². The molecule has 2 aromatic rings. The van der Waals surface area contributed by atoms with Crippen molar-refractivity contribution in [2.45, 2.75) is 0 Å². The second-order valence-corrected chi connectivity index (χ2v) is 3.69. The van der Waals surface area contributed by atoms with Crippen LogP contribution in [-0.2, 0) is 0 Å². The lowest BCUT2D eigenvalue weighted by atomic mass is 10.2.